The lowest BCUT2D eigenvalue weighted by Crippen LogP contribution is -2.49. The van der Waals surface area contributed by atoms with Crippen molar-refractivity contribution in [3.63, 3.8) is 0 Å². The van der Waals surface area contributed by atoms with Gasteiger partial charge in [0.2, 0.25) is 5.91 Å². The highest BCUT2D eigenvalue weighted by atomic mass is 19.4. The molecule has 1 fully saturated rings. The summed E-state index contributed by atoms with van der Waals surface area (Å²) >= 11 is 0. The molecule has 1 heterocycles. The molecular formula is C15H19F3N4O3. The highest BCUT2D eigenvalue weighted by Gasteiger charge is 2.34. The first-order valence-electron chi connectivity index (χ1n) is 7.77. The lowest BCUT2D eigenvalue weighted by atomic mass is 10.1. The maximum Gasteiger partial charge on any atom is 0.416 e. The summed E-state index contributed by atoms with van der Waals surface area (Å²) in [6.45, 7) is 1.97. The Bertz CT molecular complexity index is 643. The van der Waals surface area contributed by atoms with Gasteiger partial charge in [0.25, 0.3) is 5.69 Å². The number of piperazine rings is 1. The molecule has 1 aromatic carbocycles. The van der Waals surface area contributed by atoms with Gasteiger partial charge in [-0.05, 0) is 19.2 Å². The van der Waals surface area contributed by atoms with Crippen LogP contribution in [0.3, 0.4) is 0 Å². The SMILES string of the molecule is CNCCC(=O)N1CCN(c2ccc(C(F)(F)F)cc2[N+](=O)[O-])CC1. The molecule has 138 valence electrons. The minimum absolute atomic E-state index is 0.0177. The van der Waals surface area contributed by atoms with E-state index in [1.807, 2.05) is 0 Å². The Morgan fingerprint density at radius 3 is 2.44 bits per heavy atom. The predicted octanol–water partition coefficient (Wildman–Crippen LogP) is 1.87. The molecule has 1 aliphatic rings. The predicted molar refractivity (Wildman–Crippen MR) is 85.4 cm³/mol. The minimum Gasteiger partial charge on any atom is -0.362 e. The number of nitro benzene ring substituents is 1. The van der Waals surface area contributed by atoms with E-state index in [0.29, 0.717) is 45.2 Å². The Morgan fingerprint density at radius 1 is 1.28 bits per heavy atom. The van der Waals surface area contributed by atoms with Gasteiger partial charge in [-0.3, -0.25) is 14.9 Å². The number of hydrogen-bond donors (Lipinski definition) is 1. The van der Waals surface area contributed by atoms with Crippen LogP contribution in [-0.4, -0.2) is 55.5 Å². The lowest BCUT2D eigenvalue weighted by molar-refractivity contribution is -0.384. The standard InChI is InChI=1S/C15H19F3N4O3/c1-19-5-4-14(23)21-8-6-20(7-9-21)12-3-2-11(15(16,17)18)10-13(12)22(24)25/h2-3,10,19H,4-9H2,1H3. The van der Waals surface area contributed by atoms with Crippen LogP contribution in [0.2, 0.25) is 0 Å². The number of nitrogens with zero attached hydrogens (tertiary/aromatic N) is 3. The molecule has 1 saturated heterocycles. The Labute approximate surface area is 142 Å². The van der Waals surface area contributed by atoms with Gasteiger partial charge >= 0.3 is 6.18 Å². The largest absolute Gasteiger partial charge is 0.416 e. The van der Waals surface area contributed by atoms with Crippen molar-refractivity contribution in [2.45, 2.75) is 12.6 Å². The quantitative estimate of drug-likeness (QED) is 0.641. The van der Waals surface area contributed by atoms with Gasteiger partial charge in [-0.2, -0.15) is 13.2 Å². The molecule has 0 atom stereocenters. The number of hydrogen-bond acceptors (Lipinski definition) is 5. The number of alkyl halides is 3. The van der Waals surface area contributed by atoms with Crippen LogP contribution in [0.4, 0.5) is 24.5 Å². The first-order valence-corrected chi connectivity index (χ1v) is 7.77. The number of benzene rings is 1. The van der Waals surface area contributed by atoms with Gasteiger partial charge < -0.3 is 15.1 Å². The molecular weight excluding hydrogens is 341 g/mol. The van der Waals surface area contributed by atoms with Crippen molar-refractivity contribution in [1.82, 2.24) is 10.2 Å². The molecule has 0 saturated carbocycles. The van der Waals surface area contributed by atoms with Crippen molar-refractivity contribution in [1.29, 1.82) is 0 Å². The van der Waals surface area contributed by atoms with E-state index in [4.69, 9.17) is 0 Å². The van der Waals surface area contributed by atoms with Gasteiger partial charge in [0.1, 0.15) is 5.69 Å². The maximum atomic E-state index is 12.8. The van der Waals surface area contributed by atoms with Gasteiger partial charge in [0.05, 0.1) is 10.5 Å². The number of halogens is 3. The third-order valence-corrected chi connectivity index (χ3v) is 4.06. The summed E-state index contributed by atoms with van der Waals surface area (Å²) in [5.74, 6) is -0.0177. The number of amides is 1. The van der Waals surface area contributed by atoms with Gasteiger partial charge in [-0.1, -0.05) is 0 Å². The monoisotopic (exact) mass is 360 g/mol. The van der Waals surface area contributed by atoms with Crippen molar-refractivity contribution < 1.29 is 22.9 Å². The van der Waals surface area contributed by atoms with Crippen LogP contribution in [0.15, 0.2) is 18.2 Å². The van der Waals surface area contributed by atoms with Gasteiger partial charge in [-0.25, -0.2) is 0 Å². The van der Waals surface area contributed by atoms with Crippen LogP contribution < -0.4 is 10.2 Å². The number of anilines is 1. The molecule has 0 aromatic heterocycles. The van der Waals surface area contributed by atoms with E-state index in [1.165, 1.54) is 0 Å². The fourth-order valence-corrected chi connectivity index (χ4v) is 2.70. The molecule has 0 bridgehead atoms. The smallest absolute Gasteiger partial charge is 0.362 e. The third-order valence-electron chi connectivity index (χ3n) is 4.06. The highest BCUT2D eigenvalue weighted by Crippen LogP contribution is 2.36. The molecule has 1 N–H and O–H groups in total. The normalized spacial score (nSPS) is 15.4. The number of nitrogens with one attached hydrogen (secondary N) is 1. The molecule has 10 heteroatoms. The van der Waals surface area contributed by atoms with Crippen LogP contribution in [0, 0.1) is 10.1 Å². The molecule has 0 unspecified atom stereocenters. The summed E-state index contributed by atoms with van der Waals surface area (Å²) < 4.78 is 38.3. The molecule has 1 aromatic rings. The van der Waals surface area contributed by atoms with E-state index in [2.05, 4.69) is 5.32 Å². The van der Waals surface area contributed by atoms with Crippen LogP contribution in [-0.2, 0) is 11.0 Å². The van der Waals surface area contributed by atoms with Crippen molar-refractivity contribution in [2.75, 3.05) is 44.7 Å². The number of carbonyl (C=O) groups is 1. The van der Waals surface area contributed by atoms with Crippen LogP contribution in [0.25, 0.3) is 0 Å². The number of carbonyl (C=O) groups excluding carboxylic acids is 1. The van der Waals surface area contributed by atoms with Gasteiger partial charge in [-0.15, -0.1) is 0 Å². The molecule has 0 spiro atoms. The van der Waals surface area contributed by atoms with Gasteiger partial charge in [0.15, 0.2) is 0 Å². The van der Waals surface area contributed by atoms with Crippen molar-refractivity contribution >= 4 is 17.3 Å². The highest BCUT2D eigenvalue weighted by molar-refractivity contribution is 5.77. The Hall–Kier alpha value is -2.36. The average Bonchev–Trinajstić information content (AvgIpc) is 2.58. The minimum atomic E-state index is -4.64. The second-order valence-electron chi connectivity index (χ2n) is 5.68. The maximum absolute atomic E-state index is 12.8. The second-order valence-corrected chi connectivity index (χ2v) is 5.68. The zero-order chi connectivity index (χ0) is 18.6. The lowest BCUT2D eigenvalue weighted by Gasteiger charge is -2.36. The molecule has 0 radical (unpaired) electrons. The average molecular weight is 360 g/mol. The fraction of sp³-hybridized carbons (Fsp3) is 0.533. The van der Waals surface area contributed by atoms with E-state index < -0.39 is 22.4 Å². The Morgan fingerprint density at radius 2 is 1.92 bits per heavy atom. The topological polar surface area (TPSA) is 78.7 Å². The molecule has 1 aliphatic heterocycles. The van der Waals surface area contributed by atoms with E-state index in [0.717, 1.165) is 12.1 Å². The van der Waals surface area contributed by atoms with Crippen molar-refractivity contribution in [3.8, 4) is 0 Å². The van der Waals surface area contributed by atoms with Crippen LogP contribution >= 0.6 is 0 Å². The summed E-state index contributed by atoms with van der Waals surface area (Å²) in [6, 6.07) is 2.52. The molecule has 2 rings (SSSR count). The van der Waals surface area contributed by atoms with Crippen LogP contribution in [0.5, 0.6) is 0 Å². The number of nitro groups is 1. The van der Waals surface area contributed by atoms with E-state index >= 15 is 0 Å². The summed E-state index contributed by atoms with van der Waals surface area (Å²) in [7, 11) is 1.74. The molecule has 1 amide bonds. The molecule has 25 heavy (non-hydrogen) atoms. The summed E-state index contributed by atoms with van der Waals surface area (Å²) in [5, 5.41) is 14.1. The Balaban J connectivity index is 2.12. The number of rotatable bonds is 5. The van der Waals surface area contributed by atoms with Crippen LogP contribution in [0.1, 0.15) is 12.0 Å². The summed E-state index contributed by atoms with van der Waals surface area (Å²) in [5.41, 5.74) is -1.49. The zero-order valence-corrected chi connectivity index (χ0v) is 13.7. The van der Waals surface area contributed by atoms with Crippen molar-refractivity contribution in [2.24, 2.45) is 0 Å². The summed E-state index contributed by atoms with van der Waals surface area (Å²) in [4.78, 5) is 25.6. The fourth-order valence-electron chi connectivity index (χ4n) is 2.70. The van der Waals surface area contributed by atoms with Crippen molar-refractivity contribution in [3.05, 3.63) is 33.9 Å². The zero-order valence-electron chi connectivity index (χ0n) is 13.7. The third kappa shape index (κ3) is 4.59. The van der Waals surface area contributed by atoms with E-state index in [1.54, 1.807) is 16.8 Å². The second kappa shape index (κ2) is 7.68. The van der Waals surface area contributed by atoms with E-state index in [9.17, 15) is 28.1 Å². The Kier molecular flexibility index (Phi) is 5.83. The molecule has 7 nitrogen and oxygen atoms in total. The van der Waals surface area contributed by atoms with E-state index in [-0.39, 0.29) is 11.6 Å². The first-order chi connectivity index (χ1) is 11.7. The first kappa shape index (κ1) is 19.0. The van der Waals surface area contributed by atoms with Gasteiger partial charge in [0, 0.05) is 45.2 Å². The molecule has 0 aliphatic carbocycles. The summed E-state index contributed by atoms with van der Waals surface area (Å²) in [6.07, 6.45) is -4.28.